The maximum Gasteiger partial charge on any atom is 0.329 e. The number of amides is 1. The molecule has 0 aliphatic carbocycles. The van der Waals surface area contributed by atoms with Crippen LogP contribution < -0.4 is 10.1 Å². The van der Waals surface area contributed by atoms with E-state index < -0.39 is 29.4 Å². The summed E-state index contributed by atoms with van der Waals surface area (Å²) in [4.78, 5) is 32.1. The minimum atomic E-state index is -1.28. The molecule has 0 aromatic heterocycles. The highest BCUT2D eigenvalue weighted by Gasteiger charge is 2.23. The first-order valence-electron chi connectivity index (χ1n) is 5.69. The Kier molecular flexibility index (Phi) is 5.01. The van der Waals surface area contributed by atoms with Crippen molar-refractivity contribution in [3.05, 3.63) is 33.9 Å². The monoisotopic (exact) mass is 282 g/mol. The Balaban J connectivity index is 2.90. The van der Waals surface area contributed by atoms with Crippen molar-refractivity contribution in [3.8, 4) is 5.75 Å². The van der Waals surface area contributed by atoms with E-state index in [4.69, 9.17) is 9.84 Å². The van der Waals surface area contributed by atoms with E-state index in [9.17, 15) is 19.7 Å². The number of ether oxygens (including phenoxy) is 1. The number of para-hydroxylation sites is 1. The van der Waals surface area contributed by atoms with Gasteiger partial charge in [-0.25, -0.2) is 4.79 Å². The van der Waals surface area contributed by atoms with E-state index in [0.29, 0.717) is 5.56 Å². The second-order valence-corrected chi connectivity index (χ2v) is 4.08. The predicted molar refractivity (Wildman–Crippen MR) is 68.6 cm³/mol. The smallest absolute Gasteiger partial charge is 0.329 e. The molecule has 0 saturated heterocycles. The lowest BCUT2D eigenvalue weighted by molar-refractivity contribution is -0.385. The standard InChI is InChI=1S/C12H14N2O6/c1-7-4-3-5-10(14(18)19)11(7)20-6-9(12(16)17)13-8(2)15/h3-5,9H,6H2,1-2H3,(H,13,15)(H,16,17). The highest BCUT2D eigenvalue weighted by Crippen LogP contribution is 2.30. The quantitative estimate of drug-likeness (QED) is 0.590. The van der Waals surface area contributed by atoms with Gasteiger partial charge in [0.1, 0.15) is 6.61 Å². The van der Waals surface area contributed by atoms with Crippen molar-refractivity contribution >= 4 is 17.6 Å². The average molecular weight is 282 g/mol. The van der Waals surface area contributed by atoms with Crippen molar-refractivity contribution in [1.29, 1.82) is 0 Å². The predicted octanol–water partition coefficient (Wildman–Crippen LogP) is 0.871. The lowest BCUT2D eigenvalue weighted by Gasteiger charge is -2.15. The normalized spacial score (nSPS) is 11.5. The summed E-state index contributed by atoms with van der Waals surface area (Å²) in [5.41, 5.74) is 0.253. The van der Waals surface area contributed by atoms with Crippen LogP contribution in [0.5, 0.6) is 5.75 Å². The first kappa shape index (κ1) is 15.4. The zero-order valence-corrected chi connectivity index (χ0v) is 11.0. The van der Waals surface area contributed by atoms with Gasteiger partial charge >= 0.3 is 11.7 Å². The lowest BCUT2D eigenvalue weighted by Crippen LogP contribution is -2.43. The van der Waals surface area contributed by atoms with Crippen LogP contribution in [0.15, 0.2) is 18.2 Å². The number of carboxylic acid groups (broad SMARTS) is 1. The number of aliphatic carboxylic acids is 1. The summed E-state index contributed by atoms with van der Waals surface area (Å²) < 4.78 is 5.22. The number of carbonyl (C=O) groups is 2. The Labute approximate surface area is 114 Å². The van der Waals surface area contributed by atoms with Crippen molar-refractivity contribution in [1.82, 2.24) is 5.32 Å². The number of rotatable bonds is 6. The van der Waals surface area contributed by atoms with Crippen LogP contribution in [0.4, 0.5) is 5.69 Å². The summed E-state index contributed by atoms with van der Waals surface area (Å²) in [6, 6.07) is 3.10. The van der Waals surface area contributed by atoms with Crippen molar-refractivity contribution in [2.45, 2.75) is 19.9 Å². The van der Waals surface area contributed by atoms with Gasteiger partial charge in [-0.15, -0.1) is 0 Å². The molecule has 1 aromatic rings. The van der Waals surface area contributed by atoms with E-state index in [0.717, 1.165) is 0 Å². The summed E-state index contributed by atoms with van der Waals surface area (Å²) in [5, 5.41) is 22.0. The van der Waals surface area contributed by atoms with Crippen molar-refractivity contribution in [2.75, 3.05) is 6.61 Å². The van der Waals surface area contributed by atoms with Gasteiger partial charge in [-0.2, -0.15) is 0 Å². The minimum absolute atomic E-state index is 0.00546. The number of nitrogens with zero attached hydrogens (tertiary/aromatic N) is 1. The van der Waals surface area contributed by atoms with E-state index in [2.05, 4.69) is 5.32 Å². The van der Waals surface area contributed by atoms with Gasteiger partial charge in [-0.1, -0.05) is 12.1 Å². The van der Waals surface area contributed by atoms with Crippen LogP contribution in [0, 0.1) is 17.0 Å². The fourth-order valence-electron chi connectivity index (χ4n) is 1.56. The molecule has 0 heterocycles. The van der Waals surface area contributed by atoms with Crippen molar-refractivity contribution in [2.24, 2.45) is 0 Å². The molecule has 1 amide bonds. The van der Waals surface area contributed by atoms with Gasteiger partial charge in [0, 0.05) is 13.0 Å². The minimum Gasteiger partial charge on any atom is -0.484 e. The molecule has 0 fully saturated rings. The van der Waals surface area contributed by atoms with Crippen LogP contribution in [-0.4, -0.2) is 34.6 Å². The van der Waals surface area contributed by atoms with Crippen LogP contribution in [0.25, 0.3) is 0 Å². The summed E-state index contributed by atoms with van der Waals surface area (Å²) in [5.74, 6) is -1.81. The van der Waals surface area contributed by atoms with Gasteiger partial charge < -0.3 is 15.2 Å². The third-order valence-corrected chi connectivity index (χ3v) is 2.46. The number of carboxylic acids is 1. The van der Waals surface area contributed by atoms with Crippen LogP contribution in [0.2, 0.25) is 0 Å². The van der Waals surface area contributed by atoms with Crippen molar-refractivity contribution < 1.29 is 24.4 Å². The van der Waals surface area contributed by atoms with E-state index >= 15 is 0 Å². The Morgan fingerprint density at radius 1 is 1.50 bits per heavy atom. The third kappa shape index (κ3) is 3.94. The molecule has 0 bridgehead atoms. The van der Waals surface area contributed by atoms with E-state index in [1.165, 1.54) is 19.1 Å². The number of carbonyl (C=O) groups excluding carboxylic acids is 1. The molecule has 2 N–H and O–H groups in total. The molecule has 1 rings (SSSR count). The van der Waals surface area contributed by atoms with Gasteiger partial charge in [-0.05, 0) is 12.5 Å². The number of nitro groups is 1. The number of benzene rings is 1. The molecule has 0 spiro atoms. The summed E-state index contributed by atoms with van der Waals surface area (Å²) in [7, 11) is 0. The molecule has 20 heavy (non-hydrogen) atoms. The van der Waals surface area contributed by atoms with Gasteiger partial charge in [0.25, 0.3) is 0 Å². The maximum absolute atomic E-state index is 10.9. The van der Waals surface area contributed by atoms with Crippen molar-refractivity contribution in [3.63, 3.8) is 0 Å². The first-order chi connectivity index (χ1) is 9.32. The number of nitrogens with one attached hydrogen (secondary N) is 1. The molecular formula is C12H14N2O6. The highest BCUT2D eigenvalue weighted by atomic mass is 16.6. The molecule has 0 radical (unpaired) electrons. The topological polar surface area (TPSA) is 119 Å². The fraction of sp³-hybridized carbons (Fsp3) is 0.333. The average Bonchev–Trinajstić information content (AvgIpc) is 2.34. The fourth-order valence-corrected chi connectivity index (χ4v) is 1.56. The first-order valence-corrected chi connectivity index (χ1v) is 5.69. The molecule has 0 aliphatic rings. The second-order valence-electron chi connectivity index (χ2n) is 4.08. The van der Waals surface area contributed by atoms with E-state index in [1.54, 1.807) is 13.0 Å². The SMILES string of the molecule is CC(=O)NC(COc1c(C)cccc1[N+](=O)[O-])C(=O)O. The summed E-state index contributed by atoms with van der Waals surface area (Å²) in [6.07, 6.45) is 0. The second kappa shape index (κ2) is 6.50. The lowest BCUT2D eigenvalue weighted by atomic mass is 10.2. The van der Waals surface area contributed by atoms with Crippen LogP contribution in [-0.2, 0) is 9.59 Å². The third-order valence-electron chi connectivity index (χ3n) is 2.46. The molecule has 8 heteroatoms. The molecular weight excluding hydrogens is 268 g/mol. The Bertz CT molecular complexity index is 543. The largest absolute Gasteiger partial charge is 0.484 e. The van der Waals surface area contributed by atoms with Gasteiger partial charge in [-0.3, -0.25) is 14.9 Å². The van der Waals surface area contributed by atoms with E-state index in [-0.39, 0.29) is 11.4 Å². The molecule has 1 aromatic carbocycles. The molecule has 8 nitrogen and oxygen atoms in total. The molecule has 108 valence electrons. The van der Waals surface area contributed by atoms with Gasteiger partial charge in [0.2, 0.25) is 5.91 Å². The van der Waals surface area contributed by atoms with Crippen LogP contribution in [0.3, 0.4) is 0 Å². The highest BCUT2D eigenvalue weighted by molar-refractivity contribution is 5.82. The Hall–Kier alpha value is -2.64. The summed E-state index contributed by atoms with van der Waals surface area (Å²) >= 11 is 0. The number of aryl methyl sites for hydroxylation is 1. The van der Waals surface area contributed by atoms with Gasteiger partial charge in [0.15, 0.2) is 11.8 Å². The molecule has 0 saturated carbocycles. The molecule has 0 aliphatic heterocycles. The number of nitro benzene ring substituents is 1. The van der Waals surface area contributed by atoms with Crippen LogP contribution in [0.1, 0.15) is 12.5 Å². The Morgan fingerprint density at radius 2 is 2.15 bits per heavy atom. The molecule has 1 atom stereocenters. The molecule has 1 unspecified atom stereocenters. The number of hydrogen-bond donors (Lipinski definition) is 2. The zero-order valence-electron chi connectivity index (χ0n) is 11.0. The van der Waals surface area contributed by atoms with Gasteiger partial charge in [0.05, 0.1) is 4.92 Å². The number of hydrogen-bond acceptors (Lipinski definition) is 5. The van der Waals surface area contributed by atoms with Crippen LogP contribution >= 0.6 is 0 Å². The summed E-state index contributed by atoms with van der Waals surface area (Å²) in [6.45, 7) is 2.38. The van der Waals surface area contributed by atoms with E-state index in [1.807, 2.05) is 0 Å². The Morgan fingerprint density at radius 3 is 2.65 bits per heavy atom. The zero-order chi connectivity index (χ0) is 15.3. The maximum atomic E-state index is 10.9.